The van der Waals surface area contributed by atoms with E-state index in [2.05, 4.69) is 0 Å². The molecule has 9 nitrogen and oxygen atoms in total. The second kappa shape index (κ2) is 17.3. The molecule has 0 aliphatic heterocycles. The Kier molecular flexibility index (Phi) is 13.2. The summed E-state index contributed by atoms with van der Waals surface area (Å²) in [5.41, 5.74) is 7.54. The van der Waals surface area contributed by atoms with Crippen LogP contribution in [0.25, 0.3) is 0 Å². The molecule has 0 fully saturated rings. The van der Waals surface area contributed by atoms with E-state index in [1.165, 1.54) is 0 Å². The van der Waals surface area contributed by atoms with E-state index in [4.69, 9.17) is 19.9 Å². The number of hydrogen-bond donors (Lipinski definition) is 1. The van der Waals surface area contributed by atoms with Crippen LogP contribution in [0.15, 0.2) is 91.0 Å². The molecule has 9 heteroatoms. The van der Waals surface area contributed by atoms with Gasteiger partial charge in [0.25, 0.3) is 0 Å². The maximum Gasteiger partial charge on any atom is 0.411 e. The van der Waals surface area contributed by atoms with Crippen LogP contribution in [0, 0.1) is 0 Å². The lowest BCUT2D eigenvalue weighted by Gasteiger charge is -2.34. The summed E-state index contributed by atoms with van der Waals surface area (Å²) in [6.45, 7) is 1.87. The quantitative estimate of drug-likeness (QED) is 0.109. The minimum absolute atomic E-state index is 0.0120. The van der Waals surface area contributed by atoms with Crippen molar-refractivity contribution in [2.24, 2.45) is 5.73 Å². The van der Waals surface area contributed by atoms with Crippen molar-refractivity contribution in [1.82, 2.24) is 4.90 Å². The molecule has 3 rings (SSSR count). The Bertz CT molecular complexity index is 1270. The first kappa shape index (κ1) is 32.0. The molecule has 0 spiro atoms. The molecule has 42 heavy (non-hydrogen) atoms. The van der Waals surface area contributed by atoms with E-state index >= 15 is 0 Å². The Morgan fingerprint density at radius 1 is 0.690 bits per heavy atom. The molecule has 0 saturated heterocycles. The van der Waals surface area contributed by atoms with Crippen LogP contribution in [-0.2, 0) is 37.0 Å². The zero-order chi connectivity index (χ0) is 30.2. The van der Waals surface area contributed by atoms with Crippen LogP contribution in [0.4, 0.5) is 4.79 Å². The first-order valence-corrected chi connectivity index (χ1v) is 14.1. The molecule has 0 heterocycles. The topological polar surface area (TPSA) is 125 Å². The Hall–Kier alpha value is -4.50. The number of carbonyl (C=O) groups excluding carboxylic acids is 4. The van der Waals surface area contributed by atoms with Gasteiger partial charge in [0.05, 0.1) is 6.61 Å². The summed E-state index contributed by atoms with van der Waals surface area (Å²) in [7, 11) is 0. The highest BCUT2D eigenvalue weighted by molar-refractivity contribution is 6.00. The molecule has 3 aromatic rings. The molecule has 0 radical (unpaired) electrons. The molecule has 2 N–H and O–H groups in total. The fraction of sp³-hybridized carbons (Fsp3) is 0.333. The molecule has 0 aromatic heterocycles. The monoisotopic (exact) mass is 574 g/mol. The van der Waals surface area contributed by atoms with Gasteiger partial charge in [0.1, 0.15) is 25.3 Å². The van der Waals surface area contributed by atoms with E-state index in [1.807, 2.05) is 36.4 Å². The minimum Gasteiger partial charge on any atom is -0.464 e. The number of carbonyl (C=O) groups is 4. The molecule has 0 aliphatic rings. The number of rotatable bonds is 16. The van der Waals surface area contributed by atoms with Crippen molar-refractivity contribution in [2.45, 2.75) is 57.9 Å². The fourth-order valence-electron chi connectivity index (χ4n) is 4.39. The molecule has 0 unspecified atom stereocenters. The normalized spacial score (nSPS) is 12.0. The summed E-state index contributed by atoms with van der Waals surface area (Å²) in [6, 6.07) is 23.9. The first-order valence-electron chi connectivity index (χ1n) is 14.1. The van der Waals surface area contributed by atoms with Gasteiger partial charge >= 0.3 is 18.0 Å². The number of benzene rings is 3. The van der Waals surface area contributed by atoms with Gasteiger partial charge in [-0.2, -0.15) is 0 Å². The number of ketones is 1. The lowest BCUT2D eigenvalue weighted by atomic mass is 9.99. The number of Topliss-reactive ketones (excluding diaryl/α,β-unsaturated/α-hetero) is 1. The third kappa shape index (κ3) is 9.85. The van der Waals surface area contributed by atoms with E-state index in [9.17, 15) is 19.2 Å². The summed E-state index contributed by atoms with van der Waals surface area (Å²) in [5.74, 6) is -1.94. The molecule has 1 amide bonds. The van der Waals surface area contributed by atoms with E-state index in [-0.39, 0.29) is 26.2 Å². The number of nitrogens with two attached hydrogens (primary N) is 1. The lowest BCUT2D eigenvalue weighted by molar-refractivity contribution is -0.157. The predicted molar refractivity (Wildman–Crippen MR) is 157 cm³/mol. The number of unbranched alkanes of at least 4 members (excludes halogenated alkanes) is 1. The van der Waals surface area contributed by atoms with Crippen LogP contribution >= 0.6 is 0 Å². The summed E-state index contributed by atoms with van der Waals surface area (Å²) >= 11 is 0. The van der Waals surface area contributed by atoms with Crippen LogP contribution < -0.4 is 5.73 Å². The van der Waals surface area contributed by atoms with Crippen LogP contribution in [-0.4, -0.2) is 54.0 Å². The van der Waals surface area contributed by atoms with Crippen molar-refractivity contribution in [2.75, 3.05) is 13.2 Å². The second-order valence-corrected chi connectivity index (χ2v) is 9.60. The summed E-state index contributed by atoms with van der Waals surface area (Å²) < 4.78 is 16.6. The standard InChI is InChI=1S/C33H38N2O7/c1-2-40-32(38)29(22-30(36)27-18-10-5-11-19-27)35(33(39)42-24-26-16-8-4-9-17-26)28(20-12-13-21-34)31(37)41-23-25-14-6-3-7-15-25/h3-11,14-19,28-29H,2,12-13,20-24,34H2,1H3/t28-,29-/m0/s1. The van der Waals surface area contributed by atoms with Crippen molar-refractivity contribution >= 4 is 23.8 Å². The number of hydrogen-bond acceptors (Lipinski definition) is 8. The van der Waals surface area contributed by atoms with Gasteiger partial charge in [-0.1, -0.05) is 91.0 Å². The van der Waals surface area contributed by atoms with Crippen molar-refractivity contribution in [1.29, 1.82) is 0 Å². The summed E-state index contributed by atoms with van der Waals surface area (Å²) in [6.07, 6.45) is -0.176. The van der Waals surface area contributed by atoms with Gasteiger partial charge in [0.2, 0.25) is 0 Å². The largest absolute Gasteiger partial charge is 0.464 e. The first-order chi connectivity index (χ1) is 20.4. The number of ether oxygens (including phenoxy) is 3. The van der Waals surface area contributed by atoms with Crippen molar-refractivity contribution in [3.05, 3.63) is 108 Å². The number of nitrogens with zero attached hydrogens (tertiary/aromatic N) is 1. The SMILES string of the molecule is CCOC(=O)[C@H](CC(=O)c1ccccc1)N(C(=O)OCc1ccccc1)[C@@H](CCCCN)C(=O)OCc1ccccc1. The highest BCUT2D eigenvalue weighted by Gasteiger charge is 2.42. The third-order valence-electron chi connectivity index (χ3n) is 6.55. The molecule has 222 valence electrons. The van der Waals surface area contributed by atoms with Crippen LogP contribution in [0.2, 0.25) is 0 Å². The van der Waals surface area contributed by atoms with E-state index < -0.39 is 42.3 Å². The molecule has 0 aliphatic carbocycles. The smallest absolute Gasteiger partial charge is 0.411 e. The number of amides is 1. The van der Waals surface area contributed by atoms with E-state index in [1.54, 1.807) is 61.5 Å². The maximum absolute atomic E-state index is 13.8. The zero-order valence-electron chi connectivity index (χ0n) is 23.9. The Morgan fingerprint density at radius 3 is 1.76 bits per heavy atom. The van der Waals surface area contributed by atoms with E-state index in [0.29, 0.717) is 30.5 Å². The van der Waals surface area contributed by atoms with Crippen LogP contribution in [0.3, 0.4) is 0 Å². The lowest BCUT2D eigenvalue weighted by Crippen LogP contribution is -2.55. The Labute approximate surface area is 246 Å². The predicted octanol–water partition coefficient (Wildman–Crippen LogP) is 5.07. The van der Waals surface area contributed by atoms with Gasteiger partial charge in [0.15, 0.2) is 5.78 Å². The molecule has 2 atom stereocenters. The van der Waals surface area contributed by atoms with Crippen LogP contribution in [0.5, 0.6) is 0 Å². The van der Waals surface area contributed by atoms with Gasteiger partial charge in [-0.05, 0) is 43.9 Å². The third-order valence-corrected chi connectivity index (χ3v) is 6.55. The Balaban J connectivity index is 1.98. The maximum atomic E-state index is 13.8. The fourth-order valence-corrected chi connectivity index (χ4v) is 4.39. The van der Waals surface area contributed by atoms with Crippen molar-refractivity contribution < 1.29 is 33.4 Å². The second-order valence-electron chi connectivity index (χ2n) is 9.60. The summed E-state index contributed by atoms with van der Waals surface area (Å²) in [5, 5.41) is 0. The Morgan fingerprint density at radius 2 is 1.21 bits per heavy atom. The summed E-state index contributed by atoms with van der Waals surface area (Å²) in [4.78, 5) is 55.1. The van der Waals surface area contributed by atoms with Gasteiger partial charge in [0, 0.05) is 12.0 Å². The van der Waals surface area contributed by atoms with E-state index in [0.717, 1.165) is 10.5 Å². The molecule has 0 bridgehead atoms. The molecular weight excluding hydrogens is 536 g/mol. The van der Waals surface area contributed by atoms with Crippen molar-refractivity contribution in [3.8, 4) is 0 Å². The molecule has 0 saturated carbocycles. The molecule has 3 aromatic carbocycles. The van der Waals surface area contributed by atoms with Crippen LogP contribution in [0.1, 0.15) is 54.1 Å². The highest BCUT2D eigenvalue weighted by Crippen LogP contribution is 2.22. The number of esters is 2. The van der Waals surface area contributed by atoms with Gasteiger partial charge in [-0.25, -0.2) is 14.4 Å². The zero-order valence-corrected chi connectivity index (χ0v) is 23.9. The average molecular weight is 575 g/mol. The highest BCUT2D eigenvalue weighted by atomic mass is 16.6. The minimum atomic E-state index is -1.44. The van der Waals surface area contributed by atoms with Gasteiger partial charge in [-0.3, -0.25) is 9.69 Å². The van der Waals surface area contributed by atoms with Crippen molar-refractivity contribution in [3.63, 3.8) is 0 Å². The van der Waals surface area contributed by atoms with Gasteiger partial charge in [-0.15, -0.1) is 0 Å². The average Bonchev–Trinajstić information content (AvgIpc) is 3.03. The molecular formula is C33H38N2O7. The van der Waals surface area contributed by atoms with Gasteiger partial charge < -0.3 is 19.9 Å².